The Morgan fingerprint density at radius 2 is 1.85 bits per heavy atom. The number of halogens is 2. The van der Waals surface area contributed by atoms with E-state index in [0.29, 0.717) is 59.8 Å². The maximum absolute atomic E-state index is 13.4. The maximum atomic E-state index is 13.4. The van der Waals surface area contributed by atoms with Crippen LogP contribution < -0.4 is 19.5 Å². The van der Waals surface area contributed by atoms with Crippen LogP contribution in [0.3, 0.4) is 0 Å². The van der Waals surface area contributed by atoms with Crippen molar-refractivity contribution in [2.45, 2.75) is 83.7 Å². The summed E-state index contributed by atoms with van der Waals surface area (Å²) in [6.45, 7) is 7.31. The fourth-order valence-corrected chi connectivity index (χ4v) is 9.31. The van der Waals surface area contributed by atoms with Crippen LogP contribution in [0.15, 0.2) is 67.0 Å². The number of nitrogens with one attached hydrogen (secondary N) is 1. The van der Waals surface area contributed by atoms with Crippen molar-refractivity contribution >= 4 is 17.4 Å². The Kier molecular flexibility index (Phi) is 11.1. The van der Waals surface area contributed by atoms with Gasteiger partial charge >= 0.3 is 0 Å². The summed E-state index contributed by atoms with van der Waals surface area (Å²) in [6.07, 6.45) is 8.76. The third-order valence-corrected chi connectivity index (χ3v) is 12.2. The second-order valence-electron chi connectivity index (χ2n) is 16.0. The average Bonchev–Trinajstić information content (AvgIpc) is 3.78. The molecular formula is C45H48ClFN4O4. The van der Waals surface area contributed by atoms with Crippen LogP contribution >= 0.6 is 11.6 Å². The van der Waals surface area contributed by atoms with Gasteiger partial charge in [-0.1, -0.05) is 41.9 Å². The smallest absolute Gasteiger partial charge is 0.142 e. The second kappa shape index (κ2) is 16.3. The van der Waals surface area contributed by atoms with Gasteiger partial charge in [-0.05, 0) is 104 Å². The lowest BCUT2D eigenvalue weighted by Gasteiger charge is -2.57. The van der Waals surface area contributed by atoms with Crippen LogP contribution in [0.2, 0.25) is 5.02 Å². The molecule has 0 bridgehead atoms. The Hall–Kier alpha value is -4.49. The number of fused-ring (bicyclic) bond motifs is 1. The number of pyridine rings is 1. The predicted molar refractivity (Wildman–Crippen MR) is 210 cm³/mol. The van der Waals surface area contributed by atoms with Crippen LogP contribution in [0.25, 0.3) is 11.1 Å². The molecule has 4 aromatic rings. The van der Waals surface area contributed by atoms with E-state index >= 15 is 0 Å². The summed E-state index contributed by atoms with van der Waals surface area (Å²) in [5.74, 6) is 2.76. The van der Waals surface area contributed by atoms with Crippen molar-refractivity contribution in [3.63, 3.8) is 0 Å². The minimum Gasteiger partial charge on any atom is -0.493 e. The van der Waals surface area contributed by atoms with Crippen molar-refractivity contribution < 1.29 is 23.4 Å². The molecule has 3 aromatic carbocycles. The number of carbonyl (C=O) groups is 1. The van der Waals surface area contributed by atoms with Crippen LogP contribution in [0.5, 0.6) is 17.2 Å². The summed E-state index contributed by atoms with van der Waals surface area (Å²) in [4.78, 5) is 18.4. The molecule has 1 aromatic heterocycles. The Morgan fingerprint density at radius 1 is 1.02 bits per heavy atom. The number of alkyl halides is 1. The van der Waals surface area contributed by atoms with E-state index in [2.05, 4.69) is 64.6 Å². The largest absolute Gasteiger partial charge is 0.493 e. The summed E-state index contributed by atoms with van der Waals surface area (Å²) in [5.41, 5.74) is 8.31. The van der Waals surface area contributed by atoms with E-state index in [-0.39, 0.29) is 18.1 Å². The maximum Gasteiger partial charge on any atom is 0.142 e. The zero-order valence-corrected chi connectivity index (χ0v) is 32.2. The van der Waals surface area contributed by atoms with Crippen LogP contribution in [0.4, 0.5) is 4.39 Å². The highest BCUT2D eigenvalue weighted by Crippen LogP contribution is 2.49. The fraction of sp³-hybridized carbons (Fsp3) is 0.444. The number of ketones is 1. The van der Waals surface area contributed by atoms with Crippen molar-refractivity contribution in [3.8, 4) is 34.4 Å². The number of nitrogens with zero attached hydrogens (tertiary/aromatic N) is 3. The molecule has 3 aliphatic carbocycles. The van der Waals surface area contributed by atoms with Gasteiger partial charge in [0.1, 0.15) is 48.0 Å². The van der Waals surface area contributed by atoms with E-state index in [1.807, 2.05) is 12.1 Å². The van der Waals surface area contributed by atoms with Crippen LogP contribution in [-0.4, -0.2) is 54.6 Å². The molecule has 55 heavy (non-hydrogen) atoms. The van der Waals surface area contributed by atoms with Gasteiger partial charge in [-0.2, -0.15) is 5.26 Å². The molecule has 1 unspecified atom stereocenters. The van der Waals surface area contributed by atoms with Gasteiger partial charge in [0, 0.05) is 74.0 Å². The van der Waals surface area contributed by atoms with E-state index in [1.54, 1.807) is 12.3 Å². The topological polar surface area (TPSA) is 96.7 Å². The van der Waals surface area contributed by atoms with Crippen molar-refractivity contribution in [1.29, 1.82) is 5.26 Å². The number of hydrogen-bond donors (Lipinski definition) is 1. The third kappa shape index (κ3) is 8.38. The first-order chi connectivity index (χ1) is 26.8. The van der Waals surface area contributed by atoms with Crippen molar-refractivity contribution in [2.24, 2.45) is 11.3 Å². The SMILES string of the molecule is Cc1c(OCCCN2CC3(CC(F)C3)C2)cccc1-c1cccc2c1CC[C@@H]2Oc1cc(OCc2cncc(C#N)c2)c(CNCC2CCC(=O)C2)cc1Cl. The number of benzene rings is 3. The molecule has 286 valence electrons. The number of rotatable bonds is 15. The Bertz CT molecular complexity index is 2090. The number of carbonyl (C=O) groups excluding carboxylic acids is 1. The lowest BCUT2D eigenvalue weighted by molar-refractivity contribution is -0.117. The summed E-state index contributed by atoms with van der Waals surface area (Å²) in [6, 6.07) is 20.4. The first kappa shape index (κ1) is 37.4. The zero-order chi connectivity index (χ0) is 37.9. The van der Waals surface area contributed by atoms with Crippen molar-refractivity contribution in [2.75, 3.05) is 32.8 Å². The van der Waals surface area contributed by atoms with Crippen LogP contribution in [0.1, 0.15) is 84.4 Å². The van der Waals surface area contributed by atoms with Crippen LogP contribution in [0, 0.1) is 29.6 Å². The van der Waals surface area contributed by atoms with Gasteiger partial charge in [0.2, 0.25) is 0 Å². The van der Waals surface area contributed by atoms with Crippen molar-refractivity contribution in [3.05, 3.63) is 105 Å². The molecule has 2 saturated carbocycles. The predicted octanol–water partition coefficient (Wildman–Crippen LogP) is 8.89. The van der Waals surface area contributed by atoms with Gasteiger partial charge in [0.05, 0.1) is 17.2 Å². The number of nitriles is 1. The summed E-state index contributed by atoms with van der Waals surface area (Å²) < 4.78 is 32.8. The fourth-order valence-electron chi connectivity index (χ4n) is 9.08. The number of Topliss-reactive ketones (excluding diaryl/α,β-unsaturated/α-hetero) is 1. The molecule has 3 fully saturated rings. The molecule has 10 heteroatoms. The zero-order valence-electron chi connectivity index (χ0n) is 31.4. The monoisotopic (exact) mass is 762 g/mol. The molecule has 8 rings (SSSR count). The molecule has 1 aliphatic heterocycles. The Labute approximate surface area is 328 Å². The lowest BCUT2D eigenvalue weighted by atomic mass is 9.62. The van der Waals surface area contributed by atoms with Crippen LogP contribution in [-0.2, 0) is 24.4 Å². The van der Waals surface area contributed by atoms with Crippen molar-refractivity contribution in [1.82, 2.24) is 15.2 Å². The molecule has 1 spiro atoms. The molecule has 0 amide bonds. The van der Waals surface area contributed by atoms with E-state index in [4.69, 9.17) is 25.8 Å². The number of aromatic nitrogens is 1. The molecule has 2 atom stereocenters. The first-order valence-electron chi connectivity index (χ1n) is 19.7. The standard InChI is InChI=1S/C45H48ClFN4O4/c1-29-36(5-3-8-41(29)53-14-4-13-51-27-45(28-51)19-34(47)20-45)37-6-2-7-39-38(37)11-12-42(39)55-44-18-43(54-26-32-15-31(21-48)23-49-24-32)33(17-40(44)46)25-50-22-30-9-10-35(52)16-30/h2-3,5-8,15,17-18,23-24,30,34,42,50H,4,9-14,16,19-20,22,25-28H2,1H3/t30?,42-/m0/s1. The Morgan fingerprint density at radius 3 is 2.65 bits per heavy atom. The molecule has 8 nitrogen and oxygen atoms in total. The van der Waals surface area contributed by atoms with Gasteiger partial charge in [0.25, 0.3) is 0 Å². The minimum absolute atomic E-state index is 0.184. The molecule has 1 saturated heterocycles. The number of hydrogen-bond acceptors (Lipinski definition) is 8. The summed E-state index contributed by atoms with van der Waals surface area (Å²) in [7, 11) is 0. The quantitative estimate of drug-likeness (QED) is 0.120. The van der Waals surface area contributed by atoms with E-state index in [0.717, 1.165) is 98.3 Å². The second-order valence-corrected chi connectivity index (χ2v) is 16.4. The molecule has 1 N–H and O–H groups in total. The van der Waals surface area contributed by atoms with Gasteiger partial charge in [-0.15, -0.1) is 0 Å². The van der Waals surface area contributed by atoms with Gasteiger partial charge in [-0.3, -0.25) is 9.78 Å². The molecule has 2 heterocycles. The summed E-state index contributed by atoms with van der Waals surface area (Å²) in [5, 5.41) is 13.4. The highest BCUT2D eigenvalue weighted by molar-refractivity contribution is 6.32. The summed E-state index contributed by atoms with van der Waals surface area (Å²) >= 11 is 6.93. The Balaban J connectivity index is 0.948. The lowest BCUT2D eigenvalue weighted by Crippen LogP contribution is -2.62. The minimum atomic E-state index is -0.588. The number of likely N-dealkylation sites (tertiary alicyclic amines) is 1. The number of ether oxygens (including phenoxy) is 3. The van der Waals surface area contributed by atoms with Gasteiger partial charge in [-0.25, -0.2) is 4.39 Å². The highest BCUT2D eigenvalue weighted by atomic mass is 35.5. The highest BCUT2D eigenvalue weighted by Gasteiger charge is 2.52. The normalized spacial score (nSPS) is 20.1. The first-order valence-corrected chi connectivity index (χ1v) is 20.0. The third-order valence-electron chi connectivity index (χ3n) is 11.9. The molecule has 0 radical (unpaired) electrons. The van der Waals surface area contributed by atoms with Gasteiger partial charge < -0.3 is 24.4 Å². The molecule has 4 aliphatic rings. The van der Waals surface area contributed by atoms with E-state index < -0.39 is 6.17 Å². The van der Waals surface area contributed by atoms with E-state index in [1.165, 1.54) is 17.3 Å². The van der Waals surface area contributed by atoms with E-state index in [9.17, 15) is 14.4 Å². The average molecular weight is 763 g/mol. The molecular weight excluding hydrogens is 715 g/mol. The van der Waals surface area contributed by atoms with Gasteiger partial charge in [0.15, 0.2) is 0 Å².